The van der Waals surface area contributed by atoms with E-state index in [2.05, 4.69) is 66.7 Å². The second kappa shape index (κ2) is 11.7. The molecule has 1 unspecified atom stereocenters. The average Bonchev–Trinajstić information content (AvgIpc) is 2.90. The predicted octanol–water partition coefficient (Wildman–Crippen LogP) is 8.44. The number of rotatable bonds is 11. The molecule has 4 aromatic rings. The Morgan fingerprint density at radius 3 is 2.19 bits per heavy atom. The van der Waals surface area contributed by atoms with Crippen molar-refractivity contribution in [1.29, 1.82) is 0 Å². The quantitative estimate of drug-likeness (QED) is 0.219. The summed E-state index contributed by atoms with van der Waals surface area (Å²) in [5, 5.41) is 7.04. The fourth-order valence-electron chi connectivity index (χ4n) is 4.22. The van der Waals surface area contributed by atoms with E-state index in [1.807, 2.05) is 60.7 Å². The van der Waals surface area contributed by atoms with Crippen LogP contribution in [0.3, 0.4) is 0 Å². The molecule has 0 aliphatic heterocycles. The molecule has 0 aliphatic rings. The first-order valence-electron chi connectivity index (χ1n) is 12.7. The van der Waals surface area contributed by atoms with Gasteiger partial charge in [0.25, 0.3) is 0 Å². The number of carbonyl (C=O) groups excluding carboxylic acids is 1. The third-order valence-corrected chi connectivity index (χ3v) is 6.55. The van der Waals surface area contributed by atoms with Crippen LogP contribution in [0.25, 0.3) is 0 Å². The van der Waals surface area contributed by atoms with Crippen LogP contribution in [0.4, 0.5) is 17.2 Å². The van der Waals surface area contributed by atoms with Crippen LogP contribution in [-0.2, 0) is 10.2 Å². The van der Waals surface area contributed by atoms with Crippen molar-refractivity contribution < 1.29 is 9.53 Å². The van der Waals surface area contributed by atoms with Crippen molar-refractivity contribution >= 4 is 23.0 Å². The van der Waals surface area contributed by atoms with Crippen LogP contribution in [-0.4, -0.2) is 10.8 Å². The highest BCUT2D eigenvalue weighted by Crippen LogP contribution is 2.32. The van der Waals surface area contributed by atoms with Crippen LogP contribution in [0.15, 0.2) is 97.2 Å². The summed E-state index contributed by atoms with van der Waals surface area (Å²) in [6.07, 6.45) is 3.24. The maximum atomic E-state index is 11.4. The van der Waals surface area contributed by atoms with E-state index in [9.17, 15) is 4.79 Å². The molecule has 0 saturated carbocycles. The smallest absolute Gasteiger partial charge is 0.135 e. The third kappa shape index (κ3) is 7.20. The van der Waals surface area contributed by atoms with Gasteiger partial charge in [0.1, 0.15) is 23.1 Å². The number of para-hydroxylation sites is 1. The molecule has 0 aliphatic carbocycles. The summed E-state index contributed by atoms with van der Waals surface area (Å²) in [6, 6.07) is 30.2. The first-order valence-corrected chi connectivity index (χ1v) is 12.7. The average molecular weight is 494 g/mol. The summed E-state index contributed by atoms with van der Waals surface area (Å²) in [5.74, 6) is 2.63. The molecule has 5 heteroatoms. The molecule has 0 fully saturated rings. The Hall–Kier alpha value is -4.12. The maximum Gasteiger partial charge on any atom is 0.135 e. The van der Waals surface area contributed by atoms with Gasteiger partial charge in [-0.05, 0) is 85.8 Å². The highest BCUT2D eigenvalue weighted by molar-refractivity contribution is 5.75. The summed E-state index contributed by atoms with van der Waals surface area (Å²) in [6.45, 7) is 8.16. The lowest BCUT2D eigenvalue weighted by molar-refractivity contribution is -0.117. The molecule has 3 aromatic carbocycles. The van der Waals surface area contributed by atoms with Crippen molar-refractivity contribution in [2.45, 2.75) is 52.0 Å². The Morgan fingerprint density at radius 1 is 0.865 bits per heavy atom. The number of ketones is 1. The third-order valence-electron chi connectivity index (χ3n) is 6.55. The molecule has 1 aromatic heterocycles. The first-order chi connectivity index (χ1) is 17.8. The van der Waals surface area contributed by atoms with Crippen LogP contribution >= 0.6 is 0 Å². The van der Waals surface area contributed by atoms with Crippen molar-refractivity contribution in [3.8, 4) is 11.5 Å². The van der Waals surface area contributed by atoms with E-state index in [1.54, 1.807) is 13.1 Å². The second-order valence-electron chi connectivity index (χ2n) is 10.0. The minimum atomic E-state index is -0.0437. The van der Waals surface area contributed by atoms with Gasteiger partial charge >= 0.3 is 0 Å². The van der Waals surface area contributed by atoms with Crippen molar-refractivity contribution in [3.05, 3.63) is 108 Å². The van der Waals surface area contributed by atoms with E-state index in [1.165, 1.54) is 5.56 Å². The standard InChI is InChI=1S/C32H35N3O2/c1-23(36)20-21-32(3,4)25-12-14-26(15-13-25)34-24(2)30-11-8-22-33-31(30)35-27-16-18-29(19-17-27)37-28-9-6-5-7-10-28/h5-19,22,24,34H,20-21H2,1-4H3,(H,33,35). The molecule has 2 N–H and O–H groups in total. The van der Waals surface area contributed by atoms with Crippen LogP contribution in [0.5, 0.6) is 11.5 Å². The minimum Gasteiger partial charge on any atom is -0.457 e. The summed E-state index contributed by atoms with van der Waals surface area (Å²) in [5.41, 5.74) is 4.23. The van der Waals surface area contributed by atoms with Crippen LogP contribution < -0.4 is 15.4 Å². The molecule has 4 rings (SSSR count). The number of aromatic nitrogens is 1. The fourth-order valence-corrected chi connectivity index (χ4v) is 4.22. The molecule has 0 radical (unpaired) electrons. The number of nitrogens with zero attached hydrogens (tertiary/aromatic N) is 1. The number of nitrogens with one attached hydrogen (secondary N) is 2. The van der Waals surface area contributed by atoms with Gasteiger partial charge in [-0.2, -0.15) is 0 Å². The van der Waals surface area contributed by atoms with Gasteiger partial charge in [-0.25, -0.2) is 4.98 Å². The zero-order chi connectivity index (χ0) is 26.3. The Morgan fingerprint density at radius 2 is 1.51 bits per heavy atom. The van der Waals surface area contributed by atoms with Crippen molar-refractivity contribution in [2.75, 3.05) is 10.6 Å². The Labute approximate surface area is 219 Å². The van der Waals surface area contributed by atoms with Gasteiger partial charge in [-0.3, -0.25) is 0 Å². The van der Waals surface area contributed by atoms with Gasteiger partial charge in [-0.1, -0.05) is 50.2 Å². The minimum absolute atomic E-state index is 0.0356. The molecular formula is C32H35N3O2. The molecule has 190 valence electrons. The zero-order valence-electron chi connectivity index (χ0n) is 22.0. The number of ether oxygens (including phenoxy) is 1. The zero-order valence-corrected chi connectivity index (χ0v) is 22.0. The molecule has 0 bridgehead atoms. The maximum absolute atomic E-state index is 11.4. The lowest BCUT2D eigenvalue weighted by atomic mass is 9.80. The lowest BCUT2D eigenvalue weighted by Gasteiger charge is -2.25. The van der Waals surface area contributed by atoms with E-state index < -0.39 is 0 Å². The predicted molar refractivity (Wildman–Crippen MR) is 152 cm³/mol. The van der Waals surface area contributed by atoms with Gasteiger partial charge in [0.2, 0.25) is 0 Å². The van der Waals surface area contributed by atoms with E-state index in [0.29, 0.717) is 6.42 Å². The summed E-state index contributed by atoms with van der Waals surface area (Å²) in [7, 11) is 0. The van der Waals surface area contributed by atoms with Crippen molar-refractivity contribution in [1.82, 2.24) is 4.98 Å². The van der Waals surface area contributed by atoms with Crippen LogP contribution in [0, 0.1) is 0 Å². The largest absolute Gasteiger partial charge is 0.457 e. The SMILES string of the molecule is CC(=O)CCC(C)(C)c1ccc(NC(C)c2cccnc2Nc2ccc(Oc3ccccc3)cc2)cc1. The first kappa shape index (κ1) is 26.0. The molecule has 1 atom stereocenters. The monoisotopic (exact) mass is 493 g/mol. The van der Waals surface area contributed by atoms with Gasteiger partial charge in [0.15, 0.2) is 0 Å². The number of hydrogen-bond acceptors (Lipinski definition) is 5. The normalized spacial score (nSPS) is 12.0. The molecule has 0 spiro atoms. The number of carbonyl (C=O) groups is 1. The molecule has 5 nitrogen and oxygen atoms in total. The summed E-state index contributed by atoms with van der Waals surface area (Å²) >= 11 is 0. The fraction of sp³-hybridized carbons (Fsp3) is 0.250. The molecular weight excluding hydrogens is 458 g/mol. The highest BCUT2D eigenvalue weighted by atomic mass is 16.5. The van der Waals surface area contributed by atoms with E-state index >= 15 is 0 Å². The Kier molecular flexibility index (Phi) is 8.24. The topological polar surface area (TPSA) is 63.2 Å². The number of anilines is 3. The van der Waals surface area contributed by atoms with Gasteiger partial charge in [-0.15, -0.1) is 0 Å². The van der Waals surface area contributed by atoms with E-state index in [0.717, 1.165) is 40.7 Å². The van der Waals surface area contributed by atoms with Crippen molar-refractivity contribution in [2.24, 2.45) is 0 Å². The highest BCUT2D eigenvalue weighted by Gasteiger charge is 2.21. The molecule has 0 amide bonds. The van der Waals surface area contributed by atoms with Gasteiger partial charge in [0, 0.05) is 29.6 Å². The number of Topliss-reactive ketones (excluding diaryl/α,β-unsaturated/α-hetero) is 1. The molecule has 1 heterocycles. The van der Waals surface area contributed by atoms with Crippen molar-refractivity contribution in [3.63, 3.8) is 0 Å². The van der Waals surface area contributed by atoms with E-state index in [-0.39, 0.29) is 17.2 Å². The molecule has 37 heavy (non-hydrogen) atoms. The van der Waals surface area contributed by atoms with Gasteiger partial charge in [0.05, 0.1) is 6.04 Å². The Bertz CT molecular complexity index is 1300. The number of benzene rings is 3. The van der Waals surface area contributed by atoms with Crippen LogP contribution in [0.2, 0.25) is 0 Å². The number of pyridine rings is 1. The van der Waals surface area contributed by atoms with Gasteiger partial charge < -0.3 is 20.2 Å². The van der Waals surface area contributed by atoms with E-state index in [4.69, 9.17) is 4.74 Å². The summed E-state index contributed by atoms with van der Waals surface area (Å²) < 4.78 is 5.90. The second-order valence-corrected chi connectivity index (χ2v) is 10.0. The Balaban J connectivity index is 1.41. The van der Waals surface area contributed by atoms with Crippen LogP contribution in [0.1, 0.15) is 57.7 Å². The number of hydrogen-bond donors (Lipinski definition) is 2. The summed E-state index contributed by atoms with van der Waals surface area (Å²) in [4.78, 5) is 16.0. The molecule has 0 saturated heterocycles. The lowest BCUT2D eigenvalue weighted by Crippen LogP contribution is -2.18.